The number of anilines is 2. The summed E-state index contributed by atoms with van der Waals surface area (Å²) in [6.45, 7) is 0. The van der Waals surface area contributed by atoms with Crippen molar-refractivity contribution < 1.29 is 8.78 Å². The summed E-state index contributed by atoms with van der Waals surface area (Å²) in [6.07, 6.45) is 1.38. The van der Waals surface area contributed by atoms with E-state index in [4.69, 9.17) is 0 Å². The number of halogens is 2. The summed E-state index contributed by atoms with van der Waals surface area (Å²) < 4.78 is 29.5. The van der Waals surface area contributed by atoms with Gasteiger partial charge in [0.2, 0.25) is 5.95 Å². The van der Waals surface area contributed by atoms with E-state index in [1.165, 1.54) is 35.0 Å². The first kappa shape index (κ1) is 17.8. The molecule has 3 heterocycles. The number of nitrogens with zero attached hydrogens (tertiary/aromatic N) is 5. The van der Waals surface area contributed by atoms with Crippen molar-refractivity contribution in [3.8, 4) is 11.4 Å². The fraction of sp³-hybridized carbons (Fsp3) is 0. The van der Waals surface area contributed by atoms with E-state index in [1.807, 2.05) is 0 Å². The van der Waals surface area contributed by atoms with Gasteiger partial charge >= 0.3 is 0 Å². The van der Waals surface area contributed by atoms with Gasteiger partial charge < -0.3 is 5.32 Å². The molecule has 0 aliphatic carbocycles. The molecule has 0 aliphatic heterocycles. The van der Waals surface area contributed by atoms with Crippen molar-refractivity contribution >= 4 is 28.2 Å². The van der Waals surface area contributed by atoms with Gasteiger partial charge in [0.1, 0.15) is 17.3 Å². The summed E-state index contributed by atoms with van der Waals surface area (Å²) in [5.74, 6) is -0.700. The van der Waals surface area contributed by atoms with Gasteiger partial charge in [-0.3, -0.25) is 4.79 Å². The molecule has 30 heavy (non-hydrogen) atoms. The number of benzene rings is 2. The molecule has 5 aromatic rings. The van der Waals surface area contributed by atoms with E-state index in [1.54, 1.807) is 36.4 Å². The minimum absolute atomic E-state index is 0.105. The predicted octanol–water partition coefficient (Wildman–Crippen LogP) is 3.72. The molecule has 9 heteroatoms. The highest BCUT2D eigenvalue weighted by Crippen LogP contribution is 2.26. The maximum absolute atomic E-state index is 14.3. The fourth-order valence-electron chi connectivity index (χ4n) is 3.09. The normalized spacial score (nSPS) is 11.1. The molecule has 0 radical (unpaired) electrons. The lowest BCUT2D eigenvalue weighted by Crippen LogP contribution is -2.11. The molecule has 0 spiro atoms. The van der Waals surface area contributed by atoms with Gasteiger partial charge in [-0.2, -0.15) is 4.52 Å². The maximum atomic E-state index is 14.3. The maximum Gasteiger partial charge on any atom is 0.293 e. The van der Waals surface area contributed by atoms with Crippen LogP contribution in [-0.2, 0) is 0 Å². The Balaban J connectivity index is 1.79. The van der Waals surface area contributed by atoms with Crippen molar-refractivity contribution in [3.63, 3.8) is 0 Å². The third-order valence-corrected chi connectivity index (χ3v) is 4.48. The second-order valence-electron chi connectivity index (χ2n) is 6.42. The Labute approximate surface area is 167 Å². The van der Waals surface area contributed by atoms with E-state index in [2.05, 4.69) is 25.4 Å². The summed E-state index contributed by atoms with van der Waals surface area (Å²) in [5.41, 5.74) is 0.552. The summed E-state index contributed by atoms with van der Waals surface area (Å²) in [7, 11) is 0. The molecule has 0 bridgehead atoms. The van der Waals surface area contributed by atoms with Crippen molar-refractivity contribution in [1.29, 1.82) is 0 Å². The zero-order valence-electron chi connectivity index (χ0n) is 15.3. The molecule has 0 fully saturated rings. The SMILES string of the molecule is O=c1nccccc1Nc1nc2ccc(F)cc2c2nc(-c3ccccc3F)nn12. The lowest BCUT2D eigenvalue weighted by atomic mass is 10.2. The number of nitrogens with one attached hydrogen (secondary N) is 1. The molecular formula is C21H12F2N6O. The van der Waals surface area contributed by atoms with Crippen LogP contribution in [0.15, 0.2) is 71.7 Å². The molecule has 0 unspecified atom stereocenters. The van der Waals surface area contributed by atoms with Crippen LogP contribution in [0, 0.1) is 11.6 Å². The number of rotatable bonds is 3. The molecule has 0 amide bonds. The van der Waals surface area contributed by atoms with Crippen molar-refractivity contribution in [2.75, 3.05) is 5.32 Å². The van der Waals surface area contributed by atoms with Crippen LogP contribution in [0.5, 0.6) is 0 Å². The van der Waals surface area contributed by atoms with Crippen molar-refractivity contribution in [1.82, 2.24) is 24.6 Å². The Morgan fingerprint density at radius 1 is 0.933 bits per heavy atom. The number of hydrogen-bond acceptors (Lipinski definition) is 6. The summed E-state index contributed by atoms with van der Waals surface area (Å²) >= 11 is 0. The van der Waals surface area contributed by atoms with Crippen molar-refractivity contribution in [2.24, 2.45) is 0 Å². The van der Waals surface area contributed by atoms with Gasteiger partial charge in [-0.15, -0.1) is 5.10 Å². The molecule has 1 N–H and O–H groups in total. The minimum atomic E-state index is -0.497. The van der Waals surface area contributed by atoms with Gasteiger partial charge in [0.25, 0.3) is 5.56 Å². The quantitative estimate of drug-likeness (QED) is 0.495. The fourth-order valence-corrected chi connectivity index (χ4v) is 3.09. The Morgan fingerprint density at radius 2 is 1.77 bits per heavy atom. The van der Waals surface area contributed by atoms with E-state index >= 15 is 0 Å². The van der Waals surface area contributed by atoms with Gasteiger partial charge in [0.05, 0.1) is 11.1 Å². The number of aromatic nitrogens is 5. The Morgan fingerprint density at radius 3 is 2.63 bits per heavy atom. The van der Waals surface area contributed by atoms with Gasteiger partial charge in [-0.25, -0.2) is 23.7 Å². The van der Waals surface area contributed by atoms with Gasteiger partial charge in [0.15, 0.2) is 11.5 Å². The predicted molar refractivity (Wildman–Crippen MR) is 107 cm³/mol. The van der Waals surface area contributed by atoms with Crippen LogP contribution in [0.1, 0.15) is 0 Å². The topological polar surface area (TPSA) is 85.1 Å². The first-order valence-electron chi connectivity index (χ1n) is 8.93. The van der Waals surface area contributed by atoms with E-state index in [-0.39, 0.29) is 28.7 Å². The summed E-state index contributed by atoms with van der Waals surface area (Å²) in [6, 6.07) is 14.9. The highest BCUT2D eigenvalue weighted by atomic mass is 19.1. The first-order valence-corrected chi connectivity index (χ1v) is 8.93. The van der Waals surface area contributed by atoms with Crippen LogP contribution in [-0.4, -0.2) is 24.6 Å². The Bertz CT molecular complexity index is 1480. The van der Waals surface area contributed by atoms with Crippen LogP contribution in [0.2, 0.25) is 0 Å². The molecule has 5 rings (SSSR count). The number of fused-ring (bicyclic) bond motifs is 3. The van der Waals surface area contributed by atoms with Crippen molar-refractivity contribution in [3.05, 3.63) is 88.8 Å². The molecule has 0 saturated carbocycles. The lowest BCUT2D eigenvalue weighted by molar-refractivity contribution is 0.629. The molecule has 3 aromatic heterocycles. The van der Waals surface area contributed by atoms with Crippen LogP contribution in [0.3, 0.4) is 0 Å². The monoisotopic (exact) mass is 402 g/mol. The van der Waals surface area contributed by atoms with E-state index in [9.17, 15) is 13.6 Å². The average Bonchev–Trinajstić information content (AvgIpc) is 3.09. The molecule has 7 nitrogen and oxygen atoms in total. The molecule has 146 valence electrons. The molecule has 0 saturated heterocycles. The third-order valence-electron chi connectivity index (χ3n) is 4.48. The largest absolute Gasteiger partial charge is 0.319 e. The highest BCUT2D eigenvalue weighted by Gasteiger charge is 2.17. The summed E-state index contributed by atoms with van der Waals surface area (Å²) in [5, 5.41) is 7.67. The second-order valence-corrected chi connectivity index (χ2v) is 6.42. The van der Waals surface area contributed by atoms with Crippen molar-refractivity contribution in [2.45, 2.75) is 0 Å². The first-order chi connectivity index (χ1) is 14.6. The van der Waals surface area contributed by atoms with Crippen LogP contribution in [0.25, 0.3) is 27.9 Å². The highest BCUT2D eigenvalue weighted by molar-refractivity contribution is 5.93. The molecule has 0 aliphatic rings. The molecule has 0 atom stereocenters. The second kappa shape index (κ2) is 6.96. The van der Waals surface area contributed by atoms with Gasteiger partial charge in [-0.05, 0) is 42.5 Å². The number of hydrogen-bond donors (Lipinski definition) is 1. The standard InChI is InChI=1S/C21H12F2N6O/c22-12-8-9-16-14(11-12)19-27-18(13-5-1-2-6-15(13)23)28-29(19)21(25-16)26-17-7-3-4-10-24-20(17)30/h1-11H,(H,24,25,26,30). The summed E-state index contributed by atoms with van der Waals surface area (Å²) in [4.78, 5) is 24.8. The lowest BCUT2D eigenvalue weighted by Gasteiger charge is -2.07. The molecular weight excluding hydrogens is 390 g/mol. The Hall–Kier alpha value is -4.27. The van der Waals surface area contributed by atoms with Gasteiger partial charge in [0, 0.05) is 11.6 Å². The zero-order chi connectivity index (χ0) is 20.7. The van der Waals surface area contributed by atoms with Gasteiger partial charge in [-0.1, -0.05) is 18.2 Å². The minimum Gasteiger partial charge on any atom is -0.319 e. The van der Waals surface area contributed by atoms with E-state index < -0.39 is 17.2 Å². The van der Waals surface area contributed by atoms with Crippen LogP contribution >= 0.6 is 0 Å². The average molecular weight is 402 g/mol. The Kier molecular flexibility index (Phi) is 4.13. The van der Waals surface area contributed by atoms with E-state index in [0.717, 1.165) is 0 Å². The van der Waals surface area contributed by atoms with Crippen LogP contribution < -0.4 is 10.9 Å². The van der Waals surface area contributed by atoms with Crippen LogP contribution in [0.4, 0.5) is 20.4 Å². The van der Waals surface area contributed by atoms with E-state index in [0.29, 0.717) is 10.9 Å². The zero-order valence-corrected chi connectivity index (χ0v) is 15.3. The molecule has 2 aromatic carbocycles. The third kappa shape index (κ3) is 3.02. The smallest absolute Gasteiger partial charge is 0.293 e.